The summed E-state index contributed by atoms with van der Waals surface area (Å²) in [5, 5.41) is 0. The maximum atomic E-state index is 11.5. The third-order valence-electron chi connectivity index (χ3n) is 3.32. The fourth-order valence-electron chi connectivity index (χ4n) is 2.34. The van der Waals surface area contributed by atoms with Gasteiger partial charge in [-0.25, -0.2) is 0 Å². The third kappa shape index (κ3) is 2.99. The molecular weight excluding hydrogens is 288 g/mol. The highest BCUT2D eigenvalue weighted by molar-refractivity contribution is 7.86. The highest BCUT2D eigenvalue weighted by Crippen LogP contribution is 2.34. The van der Waals surface area contributed by atoms with Gasteiger partial charge in [-0.2, -0.15) is 8.42 Å². The second-order valence-corrected chi connectivity index (χ2v) is 6.21. The van der Waals surface area contributed by atoms with Crippen LogP contribution in [-0.4, -0.2) is 19.6 Å². The maximum absolute atomic E-state index is 11.5. The van der Waals surface area contributed by atoms with E-state index in [0.717, 1.165) is 16.7 Å². The molecule has 2 aromatic carbocycles. The van der Waals surface area contributed by atoms with Crippen molar-refractivity contribution in [1.29, 1.82) is 0 Å². The number of benzene rings is 2. The number of rotatable bonds is 3. The molecule has 5 heteroatoms. The van der Waals surface area contributed by atoms with Crippen molar-refractivity contribution in [2.45, 2.75) is 11.3 Å². The molecule has 4 nitrogen and oxygen atoms in total. The topological polar surface area (TPSA) is 63.6 Å². The van der Waals surface area contributed by atoms with Gasteiger partial charge in [-0.1, -0.05) is 42.5 Å². The van der Waals surface area contributed by atoms with Gasteiger partial charge in [-0.3, -0.25) is 4.55 Å². The van der Waals surface area contributed by atoms with Crippen LogP contribution in [-0.2, 0) is 16.5 Å². The van der Waals surface area contributed by atoms with Crippen molar-refractivity contribution in [2.75, 3.05) is 6.61 Å². The van der Waals surface area contributed by atoms with Crippen LogP contribution in [0.2, 0.25) is 0 Å². The monoisotopic (exact) mass is 302 g/mol. The van der Waals surface area contributed by atoms with Crippen molar-refractivity contribution in [3.8, 4) is 5.75 Å². The van der Waals surface area contributed by atoms with Crippen LogP contribution >= 0.6 is 0 Å². The number of hydrogen-bond acceptors (Lipinski definition) is 3. The Hall–Kier alpha value is -2.11. The van der Waals surface area contributed by atoms with E-state index in [4.69, 9.17) is 4.74 Å². The molecule has 1 aliphatic heterocycles. The minimum atomic E-state index is -4.29. The first-order valence-corrected chi connectivity index (χ1v) is 7.98. The summed E-state index contributed by atoms with van der Waals surface area (Å²) in [4.78, 5) is -0.162. The van der Waals surface area contributed by atoms with E-state index in [0.29, 0.717) is 13.0 Å². The molecular formula is C16H14O4S. The first kappa shape index (κ1) is 13.9. The smallest absolute Gasteiger partial charge is 0.298 e. The first-order chi connectivity index (χ1) is 10.0. The van der Waals surface area contributed by atoms with Gasteiger partial charge in [0.05, 0.1) is 6.61 Å². The van der Waals surface area contributed by atoms with Crippen LogP contribution in [0, 0.1) is 0 Å². The predicted molar refractivity (Wildman–Crippen MR) is 80.8 cm³/mol. The minimum Gasteiger partial charge on any atom is -0.491 e. The summed E-state index contributed by atoms with van der Waals surface area (Å²) in [6, 6.07) is 13.0. The van der Waals surface area contributed by atoms with E-state index >= 15 is 0 Å². The van der Waals surface area contributed by atoms with Gasteiger partial charge in [0.15, 0.2) is 0 Å². The van der Waals surface area contributed by atoms with Crippen LogP contribution in [0.1, 0.15) is 16.7 Å². The largest absolute Gasteiger partial charge is 0.491 e. The molecule has 0 aliphatic carbocycles. The van der Waals surface area contributed by atoms with Crippen molar-refractivity contribution in [1.82, 2.24) is 0 Å². The molecule has 3 rings (SSSR count). The van der Waals surface area contributed by atoms with Crippen LogP contribution in [0.5, 0.6) is 5.75 Å². The lowest BCUT2D eigenvalue weighted by Gasteiger charge is -2.07. The molecule has 0 unspecified atom stereocenters. The summed E-state index contributed by atoms with van der Waals surface area (Å²) in [5.74, 6) is 0.273. The van der Waals surface area contributed by atoms with Crippen LogP contribution in [0.4, 0.5) is 0 Å². The van der Waals surface area contributed by atoms with Crippen LogP contribution in [0.3, 0.4) is 0 Å². The molecule has 0 amide bonds. The summed E-state index contributed by atoms with van der Waals surface area (Å²) in [6.07, 6.45) is 4.36. The fourth-order valence-corrected chi connectivity index (χ4v) is 3.05. The summed E-state index contributed by atoms with van der Waals surface area (Å²) < 4.78 is 37.6. The molecule has 1 heterocycles. The standard InChI is InChI=1S/C16H14O4S/c17-21(18,19)15-11-13(10-14-8-9-20-16(14)15)7-6-12-4-2-1-3-5-12/h1-7,10-11H,8-9H2,(H,17,18,19)/b7-6+. The molecule has 21 heavy (non-hydrogen) atoms. The highest BCUT2D eigenvalue weighted by Gasteiger charge is 2.24. The number of ether oxygens (including phenoxy) is 1. The summed E-state index contributed by atoms with van der Waals surface area (Å²) >= 11 is 0. The molecule has 0 saturated heterocycles. The van der Waals surface area contributed by atoms with Crippen molar-refractivity contribution in [3.05, 3.63) is 59.2 Å². The Bertz CT molecular complexity index is 793. The van der Waals surface area contributed by atoms with Gasteiger partial charge in [-0.05, 0) is 28.8 Å². The van der Waals surface area contributed by atoms with Gasteiger partial charge in [0.2, 0.25) is 0 Å². The molecule has 0 bridgehead atoms. The first-order valence-electron chi connectivity index (χ1n) is 6.54. The molecule has 0 fully saturated rings. The van der Waals surface area contributed by atoms with E-state index in [-0.39, 0.29) is 10.6 Å². The average Bonchev–Trinajstić information content (AvgIpc) is 2.92. The molecule has 0 saturated carbocycles. The second kappa shape index (κ2) is 5.35. The number of fused-ring (bicyclic) bond motifs is 1. The van der Waals surface area contributed by atoms with E-state index in [1.54, 1.807) is 0 Å². The Kier molecular flexibility index (Phi) is 3.53. The van der Waals surface area contributed by atoms with Crippen LogP contribution in [0.15, 0.2) is 47.4 Å². The van der Waals surface area contributed by atoms with E-state index in [2.05, 4.69) is 0 Å². The van der Waals surface area contributed by atoms with E-state index in [1.165, 1.54) is 6.07 Å². The van der Waals surface area contributed by atoms with Gasteiger partial charge in [0.25, 0.3) is 10.1 Å². The lowest BCUT2D eigenvalue weighted by atomic mass is 10.1. The van der Waals surface area contributed by atoms with Gasteiger partial charge in [-0.15, -0.1) is 0 Å². The second-order valence-electron chi connectivity index (χ2n) is 4.82. The Morgan fingerprint density at radius 3 is 2.48 bits per heavy atom. The zero-order chi connectivity index (χ0) is 14.9. The van der Waals surface area contributed by atoms with Crippen LogP contribution < -0.4 is 4.74 Å². The summed E-state index contributed by atoms with van der Waals surface area (Å²) in [6.45, 7) is 0.434. The van der Waals surface area contributed by atoms with Crippen molar-refractivity contribution in [2.24, 2.45) is 0 Å². The Labute approximate surface area is 123 Å². The lowest BCUT2D eigenvalue weighted by molar-refractivity contribution is 0.346. The van der Waals surface area contributed by atoms with Gasteiger partial charge < -0.3 is 4.74 Å². The van der Waals surface area contributed by atoms with Crippen molar-refractivity contribution < 1.29 is 17.7 Å². The van der Waals surface area contributed by atoms with Crippen molar-refractivity contribution in [3.63, 3.8) is 0 Å². The molecule has 0 aromatic heterocycles. The molecule has 1 N–H and O–H groups in total. The Morgan fingerprint density at radius 2 is 1.76 bits per heavy atom. The molecule has 0 atom stereocenters. The zero-order valence-electron chi connectivity index (χ0n) is 11.2. The third-order valence-corrected chi connectivity index (χ3v) is 4.18. The Balaban J connectivity index is 2.03. The molecule has 1 aliphatic rings. The van der Waals surface area contributed by atoms with Crippen molar-refractivity contribution >= 4 is 22.3 Å². The fraction of sp³-hybridized carbons (Fsp3) is 0.125. The minimum absolute atomic E-state index is 0.162. The quantitative estimate of drug-likeness (QED) is 0.699. The van der Waals surface area contributed by atoms with E-state index in [9.17, 15) is 13.0 Å². The summed E-state index contributed by atoms with van der Waals surface area (Å²) in [7, 11) is -4.29. The Morgan fingerprint density at radius 1 is 1.05 bits per heavy atom. The summed E-state index contributed by atoms with van der Waals surface area (Å²) in [5.41, 5.74) is 2.54. The van der Waals surface area contributed by atoms with Gasteiger partial charge in [0, 0.05) is 6.42 Å². The maximum Gasteiger partial charge on any atom is 0.298 e. The van der Waals surface area contributed by atoms with E-state index in [1.807, 2.05) is 48.6 Å². The highest BCUT2D eigenvalue weighted by atomic mass is 32.2. The molecule has 108 valence electrons. The SMILES string of the molecule is O=S(=O)(O)c1cc(/C=C/c2ccccc2)cc2c1OCC2. The average molecular weight is 302 g/mol. The van der Waals surface area contributed by atoms with Crippen LogP contribution in [0.25, 0.3) is 12.2 Å². The normalized spacial score (nSPS) is 14.1. The zero-order valence-corrected chi connectivity index (χ0v) is 12.0. The predicted octanol–water partition coefficient (Wildman–Crippen LogP) is 3.04. The lowest BCUT2D eigenvalue weighted by Crippen LogP contribution is -2.01. The van der Waals surface area contributed by atoms with E-state index < -0.39 is 10.1 Å². The molecule has 0 spiro atoms. The number of hydrogen-bond donors (Lipinski definition) is 1. The molecule has 0 radical (unpaired) electrons. The van der Waals surface area contributed by atoms with Gasteiger partial charge >= 0.3 is 0 Å². The molecule has 2 aromatic rings. The van der Waals surface area contributed by atoms with Gasteiger partial charge in [0.1, 0.15) is 10.6 Å².